The first-order chi connectivity index (χ1) is 35.9. The van der Waals surface area contributed by atoms with E-state index >= 15 is 0 Å². The molecule has 6 aliphatic rings. The second-order valence-corrected chi connectivity index (χ2v) is 19.0. The molecule has 6 aliphatic heterocycles. The molecule has 6 rings (SSSR count). The fraction of sp³-hybridized carbons (Fsp3) is 0.929. The molecule has 0 radical (unpaired) electrons. The molecule has 440 valence electrons. The molecular weight excluding hydrogens is 1040 g/mol. The molecule has 0 spiro atoms. The maximum atomic E-state index is 12.6. The Labute approximate surface area is 431 Å². The van der Waals surface area contributed by atoms with Crippen LogP contribution in [0.5, 0.6) is 0 Å². The van der Waals surface area contributed by atoms with Crippen molar-refractivity contribution in [3.05, 3.63) is 0 Å². The van der Waals surface area contributed by atoms with Gasteiger partial charge in [0.2, 0.25) is 17.7 Å². The van der Waals surface area contributed by atoms with E-state index in [0.717, 1.165) is 20.8 Å². The Bertz CT molecular complexity index is 1870. The van der Waals surface area contributed by atoms with Crippen LogP contribution in [0.3, 0.4) is 0 Å². The van der Waals surface area contributed by atoms with Gasteiger partial charge in [-0.3, -0.25) is 14.4 Å². The van der Waals surface area contributed by atoms with Gasteiger partial charge in [-0.1, -0.05) is 0 Å². The van der Waals surface area contributed by atoms with Gasteiger partial charge in [0.15, 0.2) is 37.7 Å². The van der Waals surface area contributed by atoms with Crippen molar-refractivity contribution < 1.29 is 153 Å². The quantitative estimate of drug-likeness (QED) is 0.0571. The Morgan fingerprint density at radius 2 is 0.697 bits per heavy atom. The van der Waals surface area contributed by atoms with Crippen molar-refractivity contribution in [3.63, 3.8) is 0 Å². The maximum absolute atomic E-state index is 12.6. The van der Waals surface area contributed by atoms with Gasteiger partial charge in [0.25, 0.3) is 0 Å². The van der Waals surface area contributed by atoms with Crippen LogP contribution in [0.4, 0.5) is 0 Å². The minimum atomic E-state index is -2.27. The predicted octanol–water partition coefficient (Wildman–Crippen LogP) is -13.7. The van der Waals surface area contributed by atoms with Gasteiger partial charge >= 0.3 is 0 Å². The topological polar surface area (TPSA) is 533 Å². The number of aliphatic hydroxyl groups excluding tert-OH is 17. The normalized spacial score (nSPS) is 48.2. The van der Waals surface area contributed by atoms with Crippen LogP contribution in [0.1, 0.15) is 20.8 Å². The third-order valence-corrected chi connectivity index (χ3v) is 13.6. The summed E-state index contributed by atoms with van der Waals surface area (Å²) in [5, 5.41) is 190. The number of carbonyl (C=O) groups excluding carboxylic acids is 3. The molecule has 0 aromatic rings. The third kappa shape index (κ3) is 13.7. The van der Waals surface area contributed by atoms with Gasteiger partial charge in [-0.25, -0.2) is 0 Å². The lowest BCUT2D eigenvalue weighted by Gasteiger charge is -2.50. The molecule has 0 aliphatic carbocycles. The molecule has 0 bridgehead atoms. The second kappa shape index (κ2) is 27.2. The van der Waals surface area contributed by atoms with E-state index in [4.69, 9.17) is 52.1 Å². The largest absolute Gasteiger partial charge is 0.394 e. The number of aliphatic hydroxyl groups is 17. The number of nitrogens with one attached hydrogen (secondary N) is 3. The Hall–Kier alpha value is -2.71. The zero-order valence-electron chi connectivity index (χ0n) is 40.9. The molecule has 3 amide bonds. The Balaban J connectivity index is 1.24. The van der Waals surface area contributed by atoms with Gasteiger partial charge in [-0.05, 0) is 0 Å². The van der Waals surface area contributed by atoms with E-state index in [0.29, 0.717) is 0 Å². The first kappa shape index (κ1) is 62.5. The van der Waals surface area contributed by atoms with Crippen LogP contribution in [0.15, 0.2) is 0 Å². The Kier molecular flexibility index (Phi) is 22.3. The third-order valence-electron chi connectivity index (χ3n) is 13.6. The average Bonchev–Trinajstić information content (AvgIpc) is 3.37. The lowest BCUT2D eigenvalue weighted by Crippen LogP contribution is -2.70. The monoisotopic (exact) mass is 1110 g/mol. The highest BCUT2D eigenvalue weighted by Crippen LogP contribution is 2.36. The van der Waals surface area contributed by atoms with Gasteiger partial charge in [-0.15, -0.1) is 0 Å². The number of amides is 3. The van der Waals surface area contributed by atoms with Crippen LogP contribution in [0.2, 0.25) is 0 Å². The van der Waals surface area contributed by atoms with Crippen molar-refractivity contribution in [1.82, 2.24) is 16.0 Å². The molecule has 6 heterocycles. The van der Waals surface area contributed by atoms with E-state index in [-0.39, 0.29) is 0 Å². The summed E-state index contributed by atoms with van der Waals surface area (Å²) >= 11 is 0. The molecule has 2 unspecified atom stereocenters. The van der Waals surface area contributed by atoms with Crippen LogP contribution < -0.4 is 16.0 Å². The summed E-state index contributed by atoms with van der Waals surface area (Å²) in [6, 6.07) is -4.82. The molecule has 76 heavy (non-hydrogen) atoms. The van der Waals surface area contributed by atoms with Gasteiger partial charge in [0.05, 0.1) is 39.6 Å². The highest BCUT2D eigenvalue weighted by Gasteiger charge is 2.57. The maximum Gasteiger partial charge on any atom is 0.217 e. The molecule has 6 fully saturated rings. The molecule has 0 aromatic heterocycles. The molecule has 20 N–H and O–H groups in total. The lowest BCUT2D eigenvalue weighted by atomic mass is 9.94. The van der Waals surface area contributed by atoms with Crippen LogP contribution in [0.25, 0.3) is 0 Å². The molecule has 34 nitrogen and oxygen atoms in total. The number of ether oxygens (including phenoxy) is 11. The summed E-state index contributed by atoms with van der Waals surface area (Å²) in [5.74, 6) is -2.28. The van der Waals surface area contributed by atoms with Gasteiger partial charge < -0.3 is 155 Å². The number of hydrogen-bond donors (Lipinski definition) is 20. The van der Waals surface area contributed by atoms with Crippen molar-refractivity contribution in [1.29, 1.82) is 0 Å². The summed E-state index contributed by atoms with van der Waals surface area (Å²) in [7, 11) is 0. The van der Waals surface area contributed by atoms with E-state index in [1.807, 2.05) is 0 Å². The van der Waals surface area contributed by atoms with Crippen molar-refractivity contribution in [2.24, 2.45) is 0 Å². The number of rotatable bonds is 19. The van der Waals surface area contributed by atoms with E-state index < -0.39 is 241 Å². The summed E-state index contributed by atoms with van der Waals surface area (Å²) < 4.78 is 63.1. The average molecular weight is 1110 g/mol. The highest BCUT2D eigenvalue weighted by atomic mass is 16.8. The summed E-state index contributed by atoms with van der Waals surface area (Å²) in [5.41, 5.74) is 0. The second-order valence-electron chi connectivity index (χ2n) is 19.0. The first-order valence-electron chi connectivity index (χ1n) is 24.1. The highest BCUT2D eigenvalue weighted by molar-refractivity contribution is 5.74. The fourth-order valence-corrected chi connectivity index (χ4v) is 9.63. The van der Waals surface area contributed by atoms with Crippen molar-refractivity contribution in [3.8, 4) is 0 Å². The number of hydrogen-bond acceptors (Lipinski definition) is 31. The molecule has 0 saturated carbocycles. The standard InChI is InChI=1S/C42H71N3O31/c1-10(51)43-19-26(58)33(15(6-48)67-37(19)65)73-39-21(45-12(3)53)27(59)34(16(7-49)70-39)75-42-32(64)36(76-41-30(62)28(60)23(55)14(5-47)69-41)24(56)18(72-42)9-66-40-31(63)29(61)35(17(8-50)71-40)74-38-20(44-11(2)52)25(57)22(54)13(4-46)68-38/h13-42,46-50,54-65H,4-9H2,1-3H3,(H,43,51)(H,44,52)(H,45,53)/t13-,14-,15-,16-,17-,18-,19-,20-,21-,22-,23-,24-,25-,26-,27-,28+,29-,30+,31+,32+,33-,34-,35-,36+,37?,38?,39+,40+,41-,42+/m1/s1. The lowest BCUT2D eigenvalue weighted by molar-refractivity contribution is -0.385. The number of carbonyl (C=O) groups is 3. The summed E-state index contributed by atoms with van der Waals surface area (Å²) in [6.45, 7) is -2.54. The first-order valence-corrected chi connectivity index (χ1v) is 24.1. The van der Waals surface area contributed by atoms with Crippen LogP contribution in [0, 0.1) is 0 Å². The zero-order chi connectivity index (χ0) is 56.2. The van der Waals surface area contributed by atoms with E-state index in [1.165, 1.54) is 0 Å². The molecule has 0 aromatic carbocycles. The van der Waals surface area contributed by atoms with Crippen molar-refractivity contribution in [2.75, 3.05) is 39.6 Å². The molecular formula is C42H71N3O31. The molecule has 6 saturated heterocycles. The Morgan fingerprint density at radius 1 is 0.342 bits per heavy atom. The van der Waals surface area contributed by atoms with Gasteiger partial charge in [-0.2, -0.15) is 0 Å². The van der Waals surface area contributed by atoms with Crippen LogP contribution in [-0.2, 0) is 66.5 Å². The van der Waals surface area contributed by atoms with Crippen molar-refractivity contribution >= 4 is 17.7 Å². The van der Waals surface area contributed by atoms with E-state index in [9.17, 15) is 101 Å². The fourth-order valence-electron chi connectivity index (χ4n) is 9.63. The van der Waals surface area contributed by atoms with Crippen LogP contribution >= 0.6 is 0 Å². The zero-order valence-corrected chi connectivity index (χ0v) is 40.9. The minimum Gasteiger partial charge on any atom is -0.394 e. The Morgan fingerprint density at radius 3 is 1.21 bits per heavy atom. The predicted molar refractivity (Wildman–Crippen MR) is 234 cm³/mol. The molecule has 30 atom stereocenters. The summed E-state index contributed by atoms with van der Waals surface area (Å²) in [6.07, 6.45) is -51.0. The van der Waals surface area contributed by atoms with E-state index in [1.54, 1.807) is 0 Å². The minimum absolute atomic E-state index is 0.717. The smallest absolute Gasteiger partial charge is 0.217 e. The van der Waals surface area contributed by atoms with Crippen molar-refractivity contribution in [2.45, 2.75) is 205 Å². The molecule has 34 heteroatoms. The van der Waals surface area contributed by atoms with Gasteiger partial charge in [0, 0.05) is 20.8 Å². The van der Waals surface area contributed by atoms with Crippen LogP contribution in [-0.4, -0.2) is 328 Å². The SMILES string of the molecule is CC(=O)N[C@H]1[C@H](O[C@H]2[C@H](O)[C@@H](NC(C)=O)C(O)O[C@@H]2CO)O[C@H](CO)[C@@H](O[C@@H]2O[C@H](CO[C@H]3O[C@H](CO)[C@@H](OC4O[C@H](CO)[C@@H](O)[C@H](O)[C@H]4NC(C)=O)[C@H](O)[C@@H]3O)[C@@H](O)[C@H](O[C@H]3O[C@H](CO)[C@@H](O)[C@H](O)[C@@H]3O)[C@@H]2O)[C@@H]1O. The summed E-state index contributed by atoms with van der Waals surface area (Å²) in [4.78, 5) is 36.5. The van der Waals surface area contributed by atoms with E-state index in [2.05, 4.69) is 16.0 Å². The van der Waals surface area contributed by atoms with Gasteiger partial charge in [0.1, 0.15) is 146 Å².